The molecule has 7 heteroatoms. The number of nitrogens with one attached hydrogen (secondary N) is 1. The summed E-state index contributed by atoms with van der Waals surface area (Å²) in [6, 6.07) is 17.0. The van der Waals surface area contributed by atoms with Crippen LogP contribution in [0.4, 0.5) is 9.52 Å². The maximum Gasteiger partial charge on any atom is 0.293 e. The molecule has 0 aliphatic carbocycles. The minimum Gasteiger partial charge on any atom is -0.489 e. The zero-order valence-corrected chi connectivity index (χ0v) is 15.4. The van der Waals surface area contributed by atoms with Crippen LogP contribution in [0.25, 0.3) is 11.3 Å². The molecule has 0 saturated heterocycles. The highest BCUT2D eigenvalue weighted by molar-refractivity contribution is 7.14. The number of aromatic nitrogens is 1. The molecule has 0 atom stereocenters. The van der Waals surface area contributed by atoms with Crippen molar-refractivity contribution in [2.24, 2.45) is 0 Å². The summed E-state index contributed by atoms with van der Waals surface area (Å²) in [7, 11) is 0. The molecule has 0 aliphatic heterocycles. The molecule has 140 valence electrons. The second-order valence-electron chi connectivity index (χ2n) is 5.88. The van der Waals surface area contributed by atoms with E-state index >= 15 is 0 Å². The average molecular weight is 394 g/mol. The lowest BCUT2D eigenvalue weighted by molar-refractivity contribution is 0.0993. The van der Waals surface area contributed by atoms with Gasteiger partial charge in [-0.3, -0.25) is 10.1 Å². The van der Waals surface area contributed by atoms with Gasteiger partial charge in [0.05, 0.1) is 12.0 Å². The third-order valence-electron chi connectivity index (χ3n) is 3.96. The fraction of sp³-hybridized carbons (Fsp3) is 0.0476. The van der Waals surface area contributed by atoms with Crippen molar-refractivity contribution in [1.29, 1.82) is 0 Å². The number of hydrogen-bond acceptors (Lipinski definition) is 5. The molecule has 0 aliphatic rings. The normalized spacial score (nSPS) is 10.6. The second-order valence-corrected chi connectivity index (χ2v) is 6.73. The van der Waals surface area contributed by atoms with E-state index in [-0.39, 0.29) is 18.2 Å². The van der Waals surface area contributed by atoms with Gasteiger partial charge < -0.3 is 9.15 Å². The van der Waals surface area contributed by atoms with Crippen LogP contribution in [0.2, 0.25) is 0 Å². The van der Waals surface area contributed by atoms with E-state index in [1.54, 1.807) is 23.6 Å². The Morgan fingerprint density at radius 1 is 1.11 bits per heavy atom. The molecule has 0 saturated carbocycles. The third-order valence-corrected chi connectivity index (χ3v) is 4.71. The van der Waals surface area contributed by atoms with Crippen LogP contribution < -0.4 is 10.1 Å². The highest BCUT2D eigenvalue weighted by Crippen LogP contribution is 2.26. The van der Waals surface area contributed by atoms with E-state index in [0.717, 1.165) is 5.56 Å². The van der Waals surface area contributed by atoms with Gasteiger partial charge >= 0.3 is 0 Å². The predicted octanol–water partition coefficient (Wildman–Crippen LogP) is 5.37. The summed E-state index contributed by atoms with van der Waals surface area (Å²) >= 11 is 1.28. The number of furan rings is 1. The highest BCUT2D eigenvalue weighted by atomic mass is 32.1. The van der Waals surface area contributed by atoms with Crippen LogP contribution in [0, 0.1) is 5.82 Å². The topological polar surface area (TPSA) is 64.4 Å². The molecule has 28 heavy (non-hydrogen) atoms. The van der Waals surface area contributed by atoms with Crippen molar-refractivity contribution in [3.8, 4) is 17.0 Å². The number of carbonyl (C=O) groups is 1. The van der Waals surface area contributed by atoms with Gasteiger partial charge in [0.15, 0.2) is 10.9 Å². The van der Waals surface area contributed by atoms with E-state index in [2.05, 4.69) is 10.3 Å². The molecule has 1 N–H and O–H groups in total. The van der Waals surface area contributed by atoms with Crippen molar-refractivity contribution in [2.45, 2.75) is 6.61 Å². The van der Waals surface area contributed by atoms with Crippen molar-refractivity contribution < 1.29 is 18.3 Å². The second kappa shape index (κ2) is 8.06. The third kappa shape index (κ3) is 4.10. The molecule has 2 heterocycles. The van der Waals surface area contributed by atoms with E-state index in [1.807, 2.05) is 30.3 Å². The summed E-state index contributed by atoms with van der Waals surface area (Å²) in [6.07, 6.45) is 1.45. The van der Waals surface area contributed by atoms with Gasteiger partial charge in [0.2, 0.25) is 0 Å². The molecule has 0 unspecified atom stereocenters. The minimum atomic E-state index is -0.406. The Hall–Kier alpha value is -3.45. The molecule has 0 bridgehead atoms. The molecule has 4 aromatic rings. The van der Waals surface area contributed by atoms with Gasteiger partial charge in [0, 0.05) is 16.5 Å². The van der Waals surface area contributed by atoms with Gasteiger partial charge in [0.25, 0.3) is 5.91 Å². The van der Waals surface area contributed by atoms with Crippen molar-refractivity contribution in [2.75, 3.05) is 5.32 Å². The molecule has 0 spiro atoms. The largest absolute Gasteiger partial charge is 0.489 e. The number of ether oxygens (including phenoxy) is 1. The number of para-hydroxylation sites is 1. The Bertz CT molecular complexity index is 1070. The number of hydrogen-bond donors (Lipinski definition) is 1. The monoisotopic (exact) mass is 394 g/mol. The van der Waals surface area contributed by atoms with Crippen LogP contribution in [-0.2, 0) is 6.61 Å². The molecule has 1 amide bonds. The first-order valence-electron chi connectivity index (χ1n) is 8.46. The first-order chi connectivity index (χ1) is 13.7. The summed E-state index contributed by atoms with van der Waals surface area (Å²) in [5.41, 5.74) is 2.07. The number of thiazole rings is 1. The standard InChI is InChI=1S/C21H15FN2O3S/c22-16-8-6-14(7-9-16)18-13-28-21(23-18)24-20(25)19-15(10-11-26-19)12-27-17-4-2-1-3-5-17/h1-11,13H,12H2,(H,23,24,25). The van der Waals surface area contributed by atoms with E-state index in [9.17, 15) is 9.18 Å². The molecule has 4 rings (SSSR count). The lowest BCUT2D eigenvalue weighted by Gasteiger charge is -2.06. The van der Waals surface area contributed by atoms with Gasteiger partial charge in [-0.25, -0.2) is 9.37 Å². The quantitative estimate of drug-likeness (QED) is 0.477. The number of amides is 1. The lowest BCUT2D eigenvalue weighted by atomic mass is 10.2. The molecular formula is C21H15FN2O3S. The average Bonchev–Trinajstić information content (AvgIpc) is 3.37. The van der Waals surface area contributed by atoms with Gasteiger partial charge in [-0.2, -0.15) is 0 Å². The Kier molecular flexibility index (Phi) is 5.16. The van der Waals surface area contributed by atoms with Gasteiger partial charge in [-0.05, 0) is 42.5 Å². The highest BCUT2D eigenvalue weighted by Gasteiger charge is 2.18. The zero-order valence-electron chi connectivity index (χ0n) is 14.6. The smallest absolute Gasteiger partial charge is 0.293 e. The lowest BCUT2D eigenvalue weighted by Crippen LogP contribution is -2.13. The van der Waals surface area contributed by atoms with Crippen LogP contribution in [-0.4, -0.2) is 10.9 Å². The molecule has 0 radical (unpaired) electrons. The number of halogens is 1. The van der Waals surface area contributed by atoms with E-state index in [4.69, 9.17) is 9.15 Å². The van der Waals surface area contributed by atoms with Crippen molar-refractivity contribution in [1.82, 2.24) is 4.98 Å². The first kappa shape index (κ1) is 17.9. The van der Waals surface area contributed by atoms with E-state index in [1.165, 1.54) is 29.7 Å². The molecular weight excluding hydrogens is 379 g/mol. The fourth-order valence-electron chi connectivity index (χ4n) is 2.56. The summed E-state index contributed by atoms with van der Waals surface area (Å²) in [5, 5.41) is 4.95. The minimum absolute atomic E-state index is 0.175. The van der Waals surface area contributed by atoms with Crippen molar-refractivity contribution in [3.05, 3.63) is 89.4 Å². The van der Waals surface area contributed by atoms with Crippen molar-refractivity contribution >= 4 is 22.4 Å². The van der Waals surface area contributed by atoms with Crippen molar-refractivity contribution in [3.63, 3.8) is 0 Å². The summed E-state index contributed by atoms with van der Waals surface area (Å²) in [5.74, 6) is 0.167. The summed E-state index contributed by atoms with van der Waals surface area (Å²) < 4.78 is 24.1. The zero-order chi connectivity index (χ0) is 19.3. The van der Waals surface area contributed by atoms with E-state index in [0.29, 0.717) is 22.1 Å². The van der Waals surface area contributed by atoms with Crippen LogP contribution in [0.3, 0.4) is 0 Å². The molecule has 2 aromatic heterocycles. The molecule has 5 nitrogen and oxygen atoms in total. The van der Waals surface area contributed by atoms with Crippen LogP contribution in [0.5, 0.6) is 5.75 Å². The Labute approximate surface area is 164 Å². The summed E-state index contributed by atoms with van der Waals surface area (Å²) in [6.45, 7) is 0.210. The number of nitrogens with zero attached hydrogens (tertiary/aromatic N) is 1. The van der Waals surface area contributed by atoms with Gasteiger partial charge in [0.1, 0.15) is 18.2 Å². The Morgan fingerprint density at radius 3 is 2.68 bits per heavy atom. The first-order valence-corrected chi connectivity index (χ1v) is 9.34. The van der Waals surface area contributed by atoms with Crippen LogP contribution >= 0.6 is 11.3 Å². The van der Waals surface area contributed by atoms with Gasteiger partial charge in [-0.1, -0.05) is 18.2 Å². The van der Waals surface area contributed by atoms with E-state index < -0.39 is 5.91 Å². The SMILES string of the molecule is O=C(Nc1nc(-c2ccc(F)cc2)cs1)c1occc1COc1ccccc1. The van der Waals surface area contributed by atoms with Crippen LogP contribution in [0.1, 0.15) is 16.1 Å². The number of anilines is 1. The number of rotatable bonds is 6. The number of benzene rings is 2. The maximum atomic E-state index is 13.1. The number of carbonyl (C=O) groups excluding carboxylic acids is 1. The maximum absolute atomic E-state index is 13.1. The fourth-order valence-corrected chi connectivity index (χ4v) is 3.28. The molecule has 2 aromatic carbocycles. The molecule has 0 fully saturated rings. The Balaban J connectivity index is 1.43. The van der Waals surface area contributed by atoms with Crippen LogP contribution in [0.15, 0.2) is 76.7 Å². The summed E-state index contributed by atoms with van der Waals surface area (Å²) in [4.78, 5) is 16.9. The van der Waals surface area contributed by atoms with Gasteiger partial charge in [-0.15, -0.1) is 11.3 Å². The Morgan fingerprint density at radius 2 is 1.89 bits per heavy atom. The predicted molar refractivity (Wildman–Crippen MR) is 105 cm³/mol.